The lowest BCUT2D eigenvalue weighted by atomic mass is 10.0. The number of amides is 1. The SMILES string of the molecule is O=C(O)CCOCCOCCOCCOCCOCCOCCOCCOCCOCCOCCOCCOCCOCCOCCOCCOCCOCCOCCOCCOCCOCCOCCOCCOCCOCCOCCOCCOCCOCCOCCOCCOCCOCCOCCOCCOCCNC(=O)OC1CCC=CCCC1. The number of carbonyl (C=O) groups excluding carboxylic acids is 1. The summed E-state index contributed by atoms with van der Waals surface area (Å²) in [5.74, 6) is -0.882. The summed E-state index contributed by atoms with van der Waals surface area (Å²) < 4.78 is 204. The van der Waals surface area contributed by atoms with Crippen LogP contribution in [0.4, 0.5) is 4.79 Å². The maximum Gasteiger partial charge on any atom is 0.407 e. The number of alkyl carbamates (subject to hydrolysis) is 1. The van der Waals surface area contributed by atoms with Crippen LogP contribution in [0, 0.1) is 0 Å². The first-order valence-electron chi connectivity index (χ1n) is 44.8. The number of carbonyl (C=O) groups is 2. The highest BCUT2D eigenvalue weighted by atomic mass is 16.6. The quantitative estimate of drug-likeness (QED) is 0.0653. The third-order valence-corrected chi connectivity index (χ3v) is 16.0. The molecule has 41 heteroatoms. The van der Waals surface area contributed by atoms with Gasteiger partial charge in [0.05, 0.1) is 482 Å². The summed E-state index contributed by atoms with van der Waals surface area (Å²) in [5.41, 5.74) is 0. The second-order valence-corrected chi connectivity index (χ2v) is 26.1. The maximum atomic E-state index is 12.0. The number of nitrogens with one attached hydrogen (secondary N) is 1. The number of ether oxygens (including phenoxy) is 37. The van der Waals surface area contributed by atoms with Gasteiger partial charge >= 0.3 is 12.1 Å². The second kappa shape index (κ2) is 112. The molecular formula is C84H163NO40. The molecule has 0 heterocycles. The number of aliphatic carboxylic acids is 1. The van der Waals surface area contributed by atoms with Gasteiger partial charge in [-0.3, -0.25) is 4.79 Å². The lowest BCUT2D eigenvalue weighted by Gasteiger charge is -2.18. The molecule has 0 bridgehead atoms. The van der Waals surface area contributed by atoms with E-state index < -0.39 is 5.97 Å². The van der Waals surface area contributed by atoms with E-state index in [2.05, 4.69) is 17.5 Å². The summed E-state index contributed by atoms with van der Waals surface area (Å²) in [5, 5.41) is 11.3. The highest BCUT2D eigenvalue weighted by molar-refractivity contribution is 5.67. The van der Waals surface area contributed by atoms with Crippen molar-refractivity contribution in [2.75, 3.05) is 482 Å². The second-order valence-electron chi connectivity index (χ2n) is 26.1. The van der Waals surface area contributed by atoms with Gasteiger partial charge in [0.1, 0.15) is 6.10 Å². The van der Waals surface area contributed by atoms with Crippen molar-refractivity contribution in [3.63, 3.8) is 0 Å². The number of allylic oxidation sites excluding steroid dienone is 2. The average molecular weight is 1830 g/mol. The largest absolute Gasteiger partial charge is 0.481 e. The fourth-order valence-corrected chi connectivity index (χ4v) is 9.62. The third kappa shape index (κ3) is 110. The van der Waals surface area contributed by atoms with Crippen LogP contribution in [0.15, 0.2) is 12.2 Å². The molecule has 0 aromatic rings. The van der Waals surface area contributed by atoms with Gasteiger partial charge in [0.2, 0.25) is 0 Å². The topological polar surface area (TPSA) is 408 Å². The molecule has 1 unspecified atom stereocenters. The van der Waals surface area contributed by atoms with Crippen LogP contribution in [0.3, 0.4) is 0 Å². The first-order chi connectivity index (χ1) is 62.2. The Kier molecular flexibility index (Phi) is 107. The maximum absolute atomic E-state index is 12.0. The van der Waals surface area contributed by atoms with Gasteiger partial charge in [-0.1, -0.05) is 12.2 Å². The molecule has 1 atom stereocenters. The van der Waals surface area contributed by atoms with Gasteiger partial charge in [0, 0.05) is 6.54 Å². The predicted octanol–water partition coefficient (Wildman–Crippen LogP) is 2.67. The zero-order valence-corrected chi connectivity index (χ0v) is 75.5. The Labute approximate surface area is 743 Å². The molecule has 1 aliphatic carbocycles. The van der Waals surface area contributed by atoms with E-state index in [1.807, 2.05) is 0 Å². The van der Waals surface area contributed by atoms with Gasteiger partial charge in [-0.25, -0.2) is 4.79 Å². The fraction of sp³-hybridized carbons (Fsp3) is 0.952. The molecule has 0 saturated heterocycles. The highest BCUT2D eigenvalue weighted by Crippen LogP contribution is 2.15. The first-order valence-corrected chi connectivity index (χ1v) is 44.8. The molecule has 0 aliphatic heterocycles. The van der Waals surface area contributed by atoms with Crippen molar-refractivity contribution >= 4 is 12.1 Å². The van der Waals surface area contributed by atoms with Crippen molar-refractivity contribution in [2.24, 2.45) is 0 Å². The van der Waals surface area contributed by atoms with E-state index >= 15 is 0 Å². The van der Waals surface area contributed by atoms with Crippen LogP contribution in [0.1, 0.15) is 38.5 Å². The van der Waals surface area contributed by atoms with Gasteiger partial charge in [-0.15, -0.1) is 0 Å². The molecule has 2 N–H and O–H groups in total. The first kappa shape index (κ1) is 120. The minimum Gasteiger partial charge on any atom is -0.481 e. The van der Waals surface area contributed by atoms with E-state index in [-0.39, 0.29) is 25.2 Å². The standard InChI is InChI=1S/C84H163NO40/c86-83(87)8-10-89-12-14-91-16-18-93-20-22-95-24-26-97-28-30-99-32-34-101-36-38-103-40-42-105-44-46-107-48-50-109-52-54-111-56-58-113-60-62-115-64-66-117-68-70-119-72-74-121-76-78-123-80-81-124-79-77-122-75-73-120-71-69-118-67-65-116-63-61-114-59-57-112-55-53-110-51-49-108-47-45-106-43-41-104-39-37-102-35-33-100-31-29-98-27-25-96-23-21-94-19-17-92-15-13-90-11-9-85-84(88)125-82-6-4-2-1-3-5-7-82/h1-2,82H,3-81H2,(H,85,88)(H,86,87). The summed E-state index contributed by atoms with van der Waals surface area (Å²) >= 11 is 0. The van der Waals surface area contributed by atoms with Crippen LogP contribution in [-0.2, 0) is 180 Å². The zero-order chi connectivity index (χ0) is 88.9. The minimum absolute atomic E-state index is 0.0130. The van der Waals surface area contributed by atoms with Crippen LogP contribution in [0.25, 0.3) is 0 Å². The van der Waals surface area contributed by atoms with Crippen molar-refractivity contribution in [2.45, 2.75) is 44.6 Å². The van der Waals surface area contributed by atoms with Gasteiger partial charge in [-0.05, 0) is 32.1 Å². The van der Waals surface area contributed by atoms with Crippen molar-refractivity contribution in [3.05, 3.63) is 12.2 Å². The fourth-order valence-electron chi connectivity index (χ4n) is 9.62. The third-order valence-electron chi connectivity index (χ3n) is 16.0. The van der Waals surface area contributed by atoms with E-state index in [4.69, 9.17) is 180 Å². The van der Waals surface area contributed by atoms with Crippen LogP contribution in [0.2, 0.25) is 0 Å². The summed E-state index contributed by atoms with van der Waals surface area (Å²) in [6.07, 6.45) is 8.72. The molecule has 125 heavy (non-hydrogen) atoms. The summed E-state index contributed by atoms with van der Waals surface area (Å²) in [6.45, 7) is 33.7. The van der Waals surface area contributed by atoms with Gasteiger partial charge < -0.3 is 186 Å². The highest BCUT2D eigenvalue weighted by Gasteiger charge is 2.15. The molecule has 0 spiro atoms. The normalized spacial score (nSPS) is 13.1. The van der Waals surface area contributed by atoms with Crippen LogP contribution in [-0.4, -0.2) is 506 Å². The van der Waals surface area contributed by atoms with Gasteiger partial charge in [0.25, 0.3) is 0 Å². The van der Waals surface area contributed by atoms with E-state index in [1.165, 1.54) is 0 Å². The van der Waals surface area contributed by atoms with E-state index in [0.717, 1.165) is 32.1 Å². The molecule has 1 aliphatic rings. The molecule has 0 radical (unpaired) electrons. The van der Waals surface area contributed by atoms with Crippen LogP contribution in [0.5, 0.6) is 0 Å². The molecule has 0 aromatic carbocycles. The summed E-state index contributed by atoms with van der Waals surface area (Å²) in [6, 6.07) is 0. The molecule has 1 rings (SSSR count). The molecular weight excluding hydrogens is 1660 g/mol. The van der Waals surface area contributed by atoms with Crippen molar-refractivity contribution < 1.29 is 190 Å². The number of hydrogen-bond donors (Lipinski definition) is 2. The number of carboxylic acid groups (broad SMARTS) is 1. The smallest absolute Gasteiger partial charge is 0.407 e. The molecule has 744 valence electrons. The van der Waals surface area contributed by atoms with E-state index in [0.29, 0.717) is 476 Å². The Hall–Kier alpha value is -2.96. The Morgan fingerprint density at radius 2 is 0.328 bits per heavy atom. The Bertz CT molecular complexity index is 2010. The average Bonchev–Trinajstić information content (AvgIpc) is 0.950. The van der Waals surface area contributed by atoms with Crippen molar-refractivity contribution in [1.29, 1.82) is 0 Å². The Morgan fingerprint density at radius 3 is 0.480 bits per heavy atom. The van der Waals surface area contributed by atoms with Crippen molar-refractivity contribution in [1.82, 2.24) is 5.32 Å². The minimum atomic E-state index is -0.882. The van der Waals surface area contributed by atoms with E-state index in [9.17, 15) is 9.59 Å². The van der Waals surface area contributed by atoms with Crippen LogP contribution < -0.4 is 5.32 Å². The number of hydrogen-bond acceptors (Lipinski definition) is 39. The molecule has 0 fully saturated rings. The monoisotopic (exact) mass is 1830 g/mol. The van der Waals surface area contributed by atoms with Gasteiger partial charge in [0.15, 0.2) is 0 Å². The number of rotatable bonds is 112. The molecule has 41 nitrogen and oxygen atoms in total. The summed E-state index contributed by atoms with van der Waals surface area (Å²) in [4.78, 5) is 22.4. The number of carboxylic acids is 1. The Balaban J connectivity index is 1.58. The lowest BCUT2D eigenvalue weighted by molar-refractivity contribution is -0.138. The van der Waals surface area contributed by atoms with Crippen molar-refractivity contribution in [3.8, 4) is 0 Å². The molecule has 1 amide bonds. The molecule has 0 aromatic heterocycles. The van der Waals surface area contributed by atoms with E-state index in [1.54, 1.807) is 0 Å². The zero-order valence-electron chi connectivity index (χ0n) is 75.5. The summed E-state index contributed by atoms with van der Waals surface area (Å²) in [7, 11) is 0. The lowest BCUT2D eigenvalue weighted by Crippen LogP contribution is -2.31. The van der Waals surface area contributed by atoms with Gasteiger partial charge in [-0.2, -0.15) is 0 Å². The van der Waals surface area contributed by atoms with Crippen LogP contribution >= 0.6 is 0 Å². The molecule has 0 saturated carbocycles. The predicted molar refractivity (Wildman–Crippen MR) is 452 cm³/mol. The Morgan fingerprint density at radius 1 is 0.192 bits per heavy atom.